The first kappa shape index (κ1) is 13.5. The number of pyridine rings is 1. The Labute approximate surface area is 118 Å². The quantitative estimate of drug-likeness (QED) is 0.911. The first-order valence-corrected chi connectivity index (χ1v) is 7.28. The van der Waals surface area contributed by atoms with Gasteiger partial charge in [0, 0.05) is 31.2 Å². The van der Waals surface area contributed by atoms with Crippen LogP contribution in [-0.2, 0) is 14.3 Å². The van der Waals surface area contributed by atoms with Gasteiger partial charge in [0.05, 0.1) is 6.04 Å². The van der Waals surface area contributed by atoms with E-state index in [4.69, 9.17) is 9.47 Å². The molecule has 0 saturated carbocycles. The number of carbonyl (C=O) groups is 1. The lowest BCUT2D eigenvalue weighted by Crippen LogP contribution is -2.44. The Morgan fingerprint density at radius 2 is 2.20 bits per heavy atom. The molecule has 2 saturated heterocycles. The molecule has 2 fully saturated rings. The van der Waals surface area contributed by atoms with Gasteiger partial charge in [-0.05, 0) is 31.7 Å². The maximum absolute atomic E-state index is 12.2. The second-order valence-electron chi connectivity index (χ2n) is 5.34. The summed E-state index contributed by atoms with van der Waals surface area (Å²) in [5.74, 6) is -0.00547. The van der Waals surface area contributed by atoms with E-state index in [9.17, 15) is 4.79 Å². The molecule has 20 heavy (non-hydrogen) atoms. The number of nitrogens with one attached hydrogen (secondary N) is 1. The highest BCUT2D eigenvalue weighted by atomic mass is 16.5. The van der Waals surface area contributed by atoms with Crippen LogP contribution in [0.5, 0.6) is 0 Å². The lowest BCUT2D eigenvalue weighted by Gasteiger charge is -2.25. The highest BCUT2D eigenvalue weighted by molar-refractivity contribution is 5.81. The fraction of sp³-hybridized carbons (Fsp3) is 0.600. The zero-order chi connectivity index (χ0) is 13.8. The summed E-state index contributed by atoms with van der Waals surface area (Å²) >= 11 is 0. The molecule has 1 aromatic heterocycles. The van der Waals surface area contributed by atoms with Crippen molar-refractivity contribution in [3.63, 3.8) is 0 Å². The van der Waals surface area contributed by atoms with Crippen LogP contribution in [0, 0.1) is 0 Å². The zero-order valence-electron chi connectivity index (χ0n) is 11.5. The van der Waals surface area contributed by atoms with Gasteiger partial charge in [-0.15, -0.1) is 0 Å². The maximum atomic E-state index is 12.2. The molecule has 108 valence electrons. The van der Waals surface area contributed by atoms with E-state index >= 15 is 0 Å². The van der Waals surface area contributed by atoms with Crippen LogP contribution >= 0.6 is 0 Å². The monoisotopic (exact) mass is 276 g/mol. The molecule has 5 nitrogen and oxygen atoms in total. The Kier molecular flexibility index (Phi) is 4.28. The van der Waals surface area contributed by atoms with Gasteiger partial charge in [0.25, 0.3) is 0 Å². The highest BCUT2D eigenvalue weighted by Gasteiger charge is 2.33. The fourth-order valence-corrected chi connectivity index (χ4v) is 2.83. The zero-order valence-corrected chi connectivity index (χ0v) is 11.5. The number of aromatic nitrogens is 1. The number of rotatable bonds is 3. The van der Waals surface area contributed by atoms with Gasteiger partial charge < -0.3 is 14.8 Å². The number of nitrogens with zero attached hydrogens (tertiary/aromatic N) is 1. The van der Waals surface area contributed by atoms with Gasteiger partial charge in [-0.25, -0.2) is 0 Å². The summed E-state index contributed by atoms with van der Waals surface area (Å²) in [7, 11) is 0. The predicted molar refractivity (Wildman–Crippen MR) is 73.1 cm³/mol. The Morgan fingerprint density at radius 1 is 1.25 bits per heavy atom. The largest absolute Gasteiger partial charge is 0.371 e. The average Bonchev–Trinajstić information content (AvgIpc) is 2.97. The van der Waals surface area contributed by atoms with E-state index in [0.717, 1.165) is 31.2 Å². The minimum Gasteiger partial charge on any atom is -0.371 e. The molecule has 2 aliphatic heterocycles. The van der Waals surface area contributed by atoms with Crippen molar-refractivity contribution < 1.29 is 14.3 Å². The van der Waals surface area contributed by atoms with Crippen LogP contribution in [0.2, 0.25) is 0 Å². The normalized spacial score (nSPS) is 30.1. The van der Waals surface area contributed by atoms with Crippen molar-refractivity contribution in [1.82, 2.24) is 10.3 Å². The molecular weight excluding hydrogens is 256 g/mol. The van der Waals surface area contributed by atoms with Gasteiger partial charge in [-0.2, -0.15) is 0 Å². The summed E-state index contributed by atoms with van der Waals surface area (Å²) in [5, 5.41) is 3.08. The third-order valence-corrected chi connectivity index (χ3v) is 3.90. The third kappa shape index (κ3) is 2.99. The topological polar surface area (TPSA) is 60.5 Å². The van der Waals surface area contributed by atoms with Crippen LogP contribution in [0.1, 0.15) is 37.4 Å². The summed E-state index contributed by atoms with van der Waals surface area (Å²) in [6.07, 6.45) is 6.90. The molecule has 0 bridgehead atoms. The van der Waals surface area contributed by atoms with E-state index < -0.39 is 0 Å². The Bertz CT molecular complexity index is 446. The fourth-order valence-electron chi connectivity index (χ4n) is 2.83. The first-order chi connectivity index (χ1) is 9.84. The summed E-state index contributed by atoms with van der Waals surface area (Å²) in [5.41, 5.74) is 1.01. The van der Waals surface area contributed by atoms with E-state index in [-0.39, 0.29) is 24.2 Å². The molecule has 3 rings (SSSR count). The van der Waals surface area contributed by atoms with Gasteiger partial charge in [0.1, 0.15) is 12.2 Å². The lowest BCUT2D eigenvalue weighted by molar-refractivity contribution is -0.136. The van der Waals surface area contributed by atoms with Crippen LogP contribution in [0.25, 0.3) is 0 Å². The third-order valence-electron chi connectivity index (χ3n) is 3.90. The smallest absolute Gasteiger partial charge is 0.249 e. The second-order valence-corrected chi connectivity index (χ2v) is 5.34. The van der Waals surface area contributed by atoms with Crippen LogP contribution in [0.3, 0.4) is 0 Å². The van der Waals surface area contributed by atoms with E-state index in [1.54, 1.807) is 12.4 Å². The molecule has 3 heterocycles. The van der Waals surface area contributed by atoms with Gasteiger partial charge in [0.2, 0.25) is 5.91 Å². The van der Waals surface area contributed by atoms with E-state index in [0.29, 0.717) is 13.2 Å². The average molecular weight is 276 g/mol. The van der Waals surface area contributed by atoms with Crippen LogP contribution in [0.15, 0.2) is 24.5 Å². The van der Waals surface area contributed by atoms with Gasteiger partial charge in [-0.1, -0.05) is 6.07 Å². The van der Waals surface area contributed by atoms with E-state index in [1.165, 1.54) is 0 Å². The summed E-state index contributed by atoms with van der Waals surface area (Å²) < 4.78 is 11.3. The minimum atomic E-state index is -0.293. The SMILES string of the molecule is O=C(N[C@H]1CCO[C@@H]1c1cccnc1)[C@H]1CCCCO1. The summed E-state index contributed by atoms with van der Waals surface area (Å²) in [4.78, 5) is 16.3. The molecule has 0 unspecified atom stereocenters. The highest BCUT2D eigenvalue weighted by Crippen LogP contribution is 2.28. The molecule has 2 aliphatic rings. The molecule has 0 aliphatic carbocycles. The van der Waals surface area contributed by atoms with Crippen molar-refractivity contribution in [1.29, 1.82) is 0 Å². The molecular formula is C15H20N2O3. The molecule has 1 N–H and O–H groups in total. The van der Waals surface area contributed by atoms with Gasteiger partial charge in [0.15, 0.2) is 0 Å². The van der Waals surface area contributed by atoms with E-state index in [1.807, 2.05) is 12.1 Å². The van der Waals surface area contributed by atoms with Crippen molar-refractivity contribution in [2.24, 2.45) is 0 Å². The lowest BCUT2D eigenvalue weighted by atomic mass is 10.0. The van der Waals surface area contributed by atoms with E-state index in [2.05, 4.69) is 10.3 Å². The standard InChI is InChI=1S/C15H20N2O3/c18-15(13-5-1-2-8-19-13)17-12-6-9-20-14(12)11-4-3-7-16-10-11/h3-4,7,10,12-14H,1-2,5-6,8-9H2,(H,17,18)/t12-,13+,14+/m0/s1. The van der Waals surface area contributed by atoms with Crippen molar-refractivity contribution in [3.05, 3.63) is 30.1 Å². The Morgan fingerprint density at radius 3 is 2.95 bits per heavy atom. The van der Waals surface area contributed by atoms with Crippen LogP contribution in [0.4, 0.5) is 0 Å². The second kappa shape index (κ2) is 6.33. The molecule has 5 heteroatoms. The van der Waals surface area contributed by atoms with Crippen molar-refractivity contribution >= 4 is 5.91 Å². The molecule has 3 atom stereocenters. The van der Waals surface area contributed by atoms with Crippen LogP contribution < -0.4 is 5.32 Å². The Balaban J connectivity index is 1.62. The number of hydrogen-bond donors (Lipinski definition) is 1. The predicted octanol–water partition coefficient (Wildman–Crippen LogP) is 1.60. The molecule has 0 spiro atoms. The van der Waals surface area contributed by atoms with Crippen LogP contribution in [-0.4, -0.2) is 36.3 Å². The number of ether oxygens (including phenoxy) is 2. The first-order valence-electron chi connectivity index (χ1n) is 7.28. The molecule has 1 amide bonds. The summed E-state index contributed by atoms with van der Waals surface area (Å²) in [6, 6.07) is 3.89. The van der Waals surface area contributed by atoms with Crippen molar-refractivity contribution in [2.75, 3.05) is 13.2 Å². The maximum Gasteiger partial charge on any atom is 0.249 e. The van der Waals surface area contributed by atoms with Gasteiger partial charge >= 0.3 is 0 Å². The minimum absolute atomic E-state index is 0.00547. The molecule has 0 radical (unpaired) electrons. The van der Waals surface area contributed by atoms with Crippen molar-refractivity contribution in [2.45, 2.75) is 43.9 Å². The molecule has 1 aromatic rings. The molecule has 0 aromatic carbocycles. The van der Waals surface area contributed by atoms with Crippen molar-refractivity contribution in [3.8, 4) is 0 Å². The Hall–Kier alpha value is -1.46. The number of amides is 1. The number of hydrogen-bond acceptors (Lipinski definition) is 4. The van der Waals surface area contributed by atoms with Gasteiger partial charge in [-0.3, -0.25) is 9.78 Å². The number of carbonyl (C=O) groups excluding carboxylic acids is 1. The summed E-state index contributed by atoms with van der Waals surface area (Å²) in [6.45, 7) is 1.35.